The maximum absolute atomic E-state index is 5.76. The highest BCUT2D eigenvalue weighted by atomic mass is 35.5. The van der Waals surface area contributed by atoms with Gasteiger partial charge in [-0.15, -0.1) is 35.6 Å². The van der Waals surface area contributed by atoms with Crippen molar-refractivity contribution in [3.05, 3.63) is 0 Å². The van der Waals surface area contributed by atoms with Gasteiger partial charge in [-0.2, -0.15) is 0 Å². The molecule has 0 bridgehead atoms. The molecule has 98 valence electrons. The van der Waals surface area contributed by atoms with Crippen LogP contribution in [0.25, 0.3) is 0 Å². The van der Waals surface area contributed by atoms with Gasteiger partial charge in [0.25, 0.3) is 0 Å². The summed E-state index contributed by atoms with van der Waals surface area (Å²) in [5.41, 5.74) is 0. The van der Waals surface area contributed by atoms with Crippen LogP contribution in [-0.4, -0.2) is 60.8 Å². The first-order chi connectivity index (χ1) is 7.36. The molecule has 1 rings (SSSR count). The zero-order chi connectivity index (χ0) is 10.9. The van der Waals surface area contributed by atoms with Crippen molar-refractivity contribution < 1.29 is 0 Å². The Bertz CT molecular complexity index is 146. The molecule has 0 aromatic carbocycles. The first-order valence-electron chi connectivity index (χ1n) is 5.93. The highest BCUT2D eigenvalue weighted by Crippen LogP contribution is 2.08. The van der Waals surface area contributed by atoms with E-state index in [0.29, 0.717) is 11.8 Å². The van der Waals surface area contributed by atoms with Crippen LogP contribution < -0.4 is 0 Å². The third-order valence-electron chi connectivity index (χ3n) is 2.98. The third-order valence-corrected chi connectivity index (χ3v) is 3.32. The number of hydrogen-bond acceptors (Lipinski definition) is 2. The van der Waals surface area contributed by atoms with Crippen molar-refractivity contribution in [2.24, 2.45) is 0 Å². The van der Waals surface area contributed by atoms with Gasteiger partial charge in [-0.3, -0.25) is 4.90 Å². The molecule has 0 spiro atoms. The molecule has 0 N–H and O–H groups in total. The topological polar surface area (TPSA) is 6.48 Å². The molecule has 0 radical (unpaired) electrons. The van der Waals surface area contributed by atoms with Crippen LogP contribution in [0.1, 0.15) is 19.3 Å². The van der Waals surface area contributed by atoms with Gasteiger partial charge in [0.1, 0.15) is 0 Å². The molecule has 1 saturated heterocycles. The summed E-state index contributed by atoms with van der Waals surface area (Å²) in [6.45, 7) is 6.75. The van der Waals surface area contributed by atoms with Gasteiger partial charge in [-0.25, -0.2) is 0 Å². The lowest BCUT2D eigenvalue weighted by atomic mass is 10.1. The number of nitrogens with zero attached hydrogens (tertiary/aromatic N) is 2. The van der Waals surface area contributed by atoms with Crippen LogP contribution in [0.3, 0.4) is 0 Å². The first kappa shape index (κ1) is 16.8. The zero-order valence-corrected chi connectivity index (χ0v) is 12.2. The predicted molar refractivity (Wildman–Crippen MR) is 75.4 cm³/mol. The molecular weight excluding hydrogens is 266 g/mol. The summed E-state index contributed by atoms with van der Waals surface area (Å²) >= 11 is 11.5. The van der Waals surface area contributed by atoms with E-state index in [2.05, 4.69) is 9.80 Å². The molecule has 0 amide bonds. The molecule has 1 fully saturated rings. The Kier molecular flexibility index (Phi) is 11.5. The van der Waals surface area contributed by atoms with Crippen LogP contribution in [0.5, 0.6) is 0 Å². The Labute approximate surface area is 116 Å². The van der Waals surface area contributed by atoms with Crippen molar-refractivity contribution >= 4 is 35.6 Å². The number of likely N-dealkylation sites (tertiary alicyclic amines) is 1. The second-order valence-electron chi connectivity index (χ2n) is 4.12. The van der Waals surface area contributed by atoms with E-state index >= 15 is 0 Å². The van der Waals surface area contributed by atoms with E-state index in [1.165, 1.54) is 38.9 Å². The minimum absolute atomic E-state index is 0. The second-order valence-corrected chi connectivity index (χ2v) is 4.88. The minimum Gasteiger partial charge on any atom is -0.302 e. The van der Waals surface area contributed by atoms with E-state index in [1.54, 1.807) is 0 Å². The predicted octanol–water partition coefficient (Wildman–Crippen LogP) is 2.67. The van der Waals surface area contributed by atoms with Crippen molar-refractivity contribution in [2.45, 2.75) is 19.3 Å². The Balaban J connectivity index is 0.00000225. The van der Waals surface area contributed by atoms with Crippen molar-refractivity contribution in [3.8, 4) is 0 Å². The lowest BCUT2D eigenvalue weighted by Crippen LogP contribution is -2.39. The van der Waals surface area contributed by atoms with Crippen LogP contribution in [0.4, 0.5) is 0 Å². The molecule has 0 aromatic rings. The van der Waals surface area contributed by atoms with Crippen LogP contribution in [0, 0.1) is 0 Å². The molecule has 0 unspecified atom stereocenters. The fourth-order valence-corrected chi connectivity index (χ4v) is 2.52. The van der Waals surface area contributed by atoms with Gasteiger partial charge in [0.15, 0.2) is 0 Å². The molecule has 0 saturated carbocycles. The highest BCUT2D eigenvalue weighted by Gasteiger charge is 2.11. The molecule has 2 nitrogen and oxygen atoms in total. The second kappa shape index (κ2) is 10.9. The Hall–Kier alpha value is 0.790. The summed E-state index contributed by atoms with van der Waals surface area (Å²) in [5.74, 6) is 1.41. The number of hydrogen-bond donors (Lipinski definition) is 0. The Morgan fingerprint density at radius 1 is 0.875 bits per heavy atom. The summed E-state index contributed by atoms with van der Waals surface area (Å²) in [5, 5.41) is 0. The maximum Gasteiger partial charge on any atom is 0.0351 e. The van der Waals surface area contributed by atoms with Crippen LogP contribution in [0.2, 0.25) is 0 Å². The van der Waals surface area contributed by atoms with E-state index in [0.717, 1.165) is 19.6 Å². The summed E-state index contributed by atoms with van der Waals surface area (Å²) in [6, 6.07) is 0. The summed E-state index contributed by atoms with van der Waals surface area (Å²) in [6.07, 6.45) is 4.14. The standard InChI is InChI=1S/C11H22Cl2N2.ClH/c12-4-8-15(9-5-13)11-10-14-6-2-1-3-7-14;/h1-11H2;1H. The van der Waals surface area contributed by atoms with Crippen LogP contribution >= 0.6 is 35.6 Å². The fraction of sp³-hybridized carbons (Fsp3) is 1.00. The fourth-order valence-electron chi connectivity index (χ4n) is 2.04. The molecule has 16 heavy (non-hydrogen) atoms. The number of rotatable bonds is 7. The van der Waals surface area contributed by atoms with Gasteiger partial charge < -0.3 is 4.90 Å². The molecule has 1 aliphatic heterocycles. The lowest BCUT2D eigenvalue weighted by molar-refractivity contribution is 0.190. The molecule has 5 heteroatoms. The molecular formula is C11H23Cl3N2. The largest absolute Gasteiger partial charge is 0.302 e. The SMILES string of the molecule is Cl.ClCCN(CCCl)CCN1CCCCC1. The van der Waals surface area contributed by atoms with Crippen molar-refractivity contribution in [2.75, 3.05) is 51.0 Å². The summed E-state index contributed by atoms with van der Waals surface area (Å²) < 4.78 is 0. The van der Waals surface area contributed by atoms with Gasteiger partial charge in [-0.05, 0) is 25.9 Å². The van der Waals surface area contributed by atoms with E-state index in [1.807, 2.05) is 0 Å². The highest BCUT2D eigenvalue weighted by molar-refractivity contribution is 6.18. The third kappa shape index (κ3) is 7.18. The lowest BCUT2D eigenvalue weighted by Gasteiger charge is -2.29. The monoisotopic (exact) mass is 288 g/mol. The molecule has 0 aromatic heterocycles. The van der Waals surface area contributed by atoms with E-state index in [9.17, 15) is 0 Å². The molecule has 1 aliphatic rings. The summed E-state index contributed by atoms with van der Waals surface area (Å²) in [7, 11) is 0. The Morgan fingerprint density at radius 3 is 1.94 bits per heavy atom. The van der Waals surface area contributed by atoms with E-state index < -0.39 is 0 Å². The Morgan fingerprint density at radius 2 is 1.44 bits per heavy atom. The molecule has 0 aliphatic carbocycles. The van der Waals surface area contributed by atoms with Crippen molar-refractivity contribution in [3.63, 3.8) is 0 Å². The van der Waals surface area contributed by atoms with Gasteiger partial charge in [0.2, 0.25) is 0 Å². The van der Waals surface area contributed by atoms with Crippen LogP contribution in [0.15, 0.2) is 0 Å². The van der Waals surface area contributed by atoms with Crippen LogP contribution in [-0.2, 0) is 0 Å². The quantitative estimate of drug-likeness (QED) is 0.665. The van der Waals surface area contributed by atoms with Gasteiger partial charge in [0, 0.05) is 37.9 Å². The van der Waals surface area contributed by atoms with E-state index in [-0.39, 0.29) is 12.4 Å². The average molecular weight is 290 g/mol. The summed E-state index contributed by atoms with van der Waals surface area (Å²) in [4.78, 5) is 4.91. The van der Waals surface area contributed by atoms with Crippen molar-refractivity contribution in [1.29, 1.82) is 0 Å². The van der Waals surface area contributed by atoms with Gasteiger partial charge >= 0.3 is 0 Å². The average Bonchev–Trinajstić information content (AvgIpc) is 2.28. The number of alkyl halides is 2. The minimum atomic E-state index is 0. The molecule has 1 heterocycles. The normalized spacial score (nSPS) is 17.4. The van der Waals surface area contributed by atoms with Gasteiger partial charge in [0.05, 0.1) is 0 Å². The van der Waals surface area contributed by atoms with Crippen molar-refractivity contribution in [1.82, 2.24) is 9.80 Å². The van der Waals surface area contributed by atoms with Gasteiger partial charge in [-0.1, -0.05) is 6.42 Å². The zero-order valence-electron chi connectivity index (χ0n) is 9.84. The molecule has 0 atom stereocenters. The first-order valence-corrected chi connectivity index (χ1v) is 7.00. The maximum atomic E-state index is 5.76. The number of piperidine rings is 1. The van der Waals surface area contributed by atoms with E-state index in [4.69, 9.17) is 23.2 Å². The number of halogens is 3. The smallest absolute Gasteiger partial charge is 0.0351 e.